The first kappa shape index (κ1) is 21.3. The third-order valence-electron chi connectivity index (χ3n) is 6.68. The van der Waals surface area contributed by atoms with Crippen LogP contribution in [0.2, 0.25) is 39.3 Å². The van der Waals surface area contributed by atoms with Gasteiger partial charge in [-0.05, 0) is 45.6 Å². The molecule has 0 unspecified atom stereocenters. The predicted molar refractivity (Wildman–Crippen MR) is 137 cm³/mol. The summed E-state index contributed by atoms with van der Waals surface area (Å²) in [7, 11) is -2.74. The molecule has 1 aromatic heterocycles. The molecule has 0 saturated carbocycles. The Balaban J connectivity index is 1.81. The molecule has 4 rings (SSSR count). The van der Waals surface area contributed by atoms with Crippen molar-refractivity contribution >= 4 is 16.1 Å². The van der Waals surface area contributed by atoms with Crippen molar-refractivity contribution in [2.24, 2.45) is 0 Å². The lowest BCUT2D eigenvalue weighted by Gasteiger charge is -2.38. The Labute approximate surface area is 184 Å². The standard InChI is InChI=1S/C27H35NSi2/c1-27(2)22-13-10-9-12-20(22)21-17-16-19(18-23(21)27)24-14-11-15-25(28-24)26(29(3,4)5)30(6,7)8/h9-18,26H,1-8H3. The minimum Gasteiger partial charge on any atom is -0.253 e. The number of aromatic nitrogens is 1. The Morgan fingerprint density at radius 2 is 1.33 bits per heavy atom. The van der Waals surface area contributed by atoms with E-state index < -0.39 is 16.1 Å². The van der Waals surface area contributed by atoms with E-state index in [1.807, 2.05) is 0 Å². The highest BCUT2D eigenvalue weighted by Crippen LogP contribution is 2.49. The van der Waals surface area contributed by atoms with E-state index >= 15 is 0 Å². The van der Waals surface area contributed by atoms with Gasteiger partial charge in [0.2, 0.25) is 0 Å². The van der Waals surface area contributed by atoms with E-state index in [2.05, 4.69) is 114 Å². The highest BCUT2D eigenvalue weighted by molar-refractivity contribution is 6.96. The molecule has 0 atom stereocenters. The van der Waals surface area contributed by atoms with Gasteiger partial charge in [0.25, 0.3) is 0 Å². The summed E-state index contributed by atoms with van der Waals surface area (Å²) in [6.07, 6.45) is 0. The third-order valence-corrected chi connectivity index (χ3v) is 15.9. The van der Waals surface area contributed by atoms with Gasteiger partial charge in [0, 0.05) is 16.7 Å². The van der Waals surface area contributed by atoms with Crippen molar-refractivity contribution in [3.63, 3.8) is 0 Å². The van der Waals surface area contributed by atoms with Crippen molar-refractivity contribution in [3.05, 3.63) is 77.5 Å². The summed E-state index contributed by atoms with van der Waals surface area (Å²) >= 11 is 0. The molecular weight excluding hydrogens is 394 g/mol. The van der Waals surface area contributed by atoms with E-state index in [1.54, 1.807) is 0 Å². The summed E-state index contributed by atoms with van der Waals surface area (Å²) in [5.74, 6) is 0. The molecule has 1 heterocycles. The molecule has 0 fully saturated rings. The largest absolute Gasteiger partial charge is 0.253 e. The van der Waals surface area contributed by atoms with Crippen molar-refractivity contribution in [3.8, 4) is 22.4 Å². The van der Waals surface area contributed by atoms with Crippen molar-refractivity contribution in [2.45, 2.75) is 63.7 Å². The monoisotopic (exact) mass is 429 g/mol. The van der Waals surface area contributed by atoms with Crippen molar-refractivity contribution < 1.29 is 0 Å². The first-order chi connectivity index (χ1) is 13.9. The lowest BCUT2D eigenvalue weighted by Crippen LogP contribution is -2.46. The maximum Gasteiger partial charge on any atom is 0.0705 e. The van der Waals surface area contributed by atoms with E-state index in [0.717, 1.165) is 5.69 Å². The summed E-state index contributed by atoms with van der Waals surface area (Å²) in [6, 6.07) is 22.5. The molecule has 0 N–H and O–H groups in total. The Hall–Kier alpha value is -1.98. The number of nitrogens with zero attached hydrogens (tertiary/aromatic N) is 1. The second-order valence-electron chi connectivity index (χ2n) is 11.5. The van der Waals surface area contributed by atoms with E-state index in [1.165, 1.54) is 33.5 Å². The highest BCUT2D eigenvalue weighted by Gasteiger charge is 2.40. The highest BCUT2D eigenvalue weighted by atomic mass is 28.4. The Morgan fingerprint density at radius 1 is 0.700 bits per heavy atom. The number of pyridine rings is 1. The summed E-state index contributed by atoms with van der Waals surface area (Å²) < 4.78 is 0. The molecule has 0 saturated heterocycles. The van der Waals surface area contributed by atoms with E-state index in [-0.39, 0.29) is 5.41 Å². The van der Waals surface area contributed by atoms with Crippen LogP contribution >= 0.6 is 0 Å². The van der Waals surface area contributed by atoms with Crippen LogP contribution in [0.3, 0.4) is 0 Å². The predicted octanol–water partition coefficient (Wildman–Crippen LogP) is 7.89. The van der Waals surface area contributed by atoms with Gasteiger partial charge in [-0.25, -0.2) is 0 Å². The minimum atomic E-state index is -1.37. The van der Waals surface area contributed by atoms with E-state index in [9.17, 15) is 0 Å². The van der Waals surface area contributed by atoms with Crippen LogP contribution in [0, 0.1) is 0 Å². The van der Waals surface area contributed by atoms with Crippen LogP contribution in [0.1, 0.15) is 35.8 Å². The molecule has 0 spiro atoms. The van der Waals surface area contributed by atoms with Crippen LogP contribution < -0.4 is 0 Å². The van der Waals surface area contributed by atoms with Gasteiger partial charge in [-0.2, -0.15) is 0 Å². The van der Waals surface area contributed by atoms with Gasteiger partial charge in [0.05, 0.1) is 21.8 Å². The Kier molecular flexibility index (Phi) is 4.98. The fraction of sp³-hybridized carbons (Fsp3) is 0.370. The van der Waals surface area contributed by atoms with Crippen LogP contribution in [0.4, 0.5) is 0 Å². The van der Waals surface area contributed by atoms with Gasteiger partial charge in [-0.1, -0.05) is 95.6 Å². The number of hydrogen-bond donors (Lipinski definition) is 0. The molecule has 0 aliphatic heterocycles. The van der Waals surface area contributed by atoms with Crippen LogP contribution in [-0.2, 0) is 5.41 Å². The number of rotatable bonds is 4. The quantitative estimate of drug-likeness (QED) is 0.384. The first-order valence-corrected chi connectivity index (χ1v) is 18.3. The van der Waals surface area contributed by atoms with Crippen molar-refractivity contribution in [2.75, 3.05) is 0 Å². The van der Waals surface area contributed by atoms with E-state index in [0.29, 0.717) is 5.16 Å². The second kappa shape index (κ2) is 7.03. The molecule has 0 radical (unpaired) electrons. The smallest absolute Gasteiger partial charge is 0.0705 e. The van der Waals surface area contributed by atoms with Crippen molar-refractivity contribution in [1.82, 2.24) is 4.98 Å². The molecule has 30 heavy (non-hydrogen) atoms. The molecule has 0 bridgehead atoms. The van der Waals surface area contributed by atoms with Gasteiger partial charge in [-0.15, -0.1) is 0 Å². The maximum absolute atomic E-state index is 5.27. The Bertz CT molecular complexity index is 1090. The molecule has 156 valence electrons. The van der Waals surface area contributed by atoms with E-state index in [4.69, 9.17) is 4.98 Å². The van der Waals surface area contributed by atoms with Gasteiger partial charge >= 0.3 is 0 Å². The average Bonchev–Trinajstić information content (AvgIpc) is 2.87. The van der Waals surface area contributed by atoms with Crippen LogP contribution in [-0.4, -0.2) is 21.1 Å². The Morgan fingerprint density at radius 3 is 2.00 bits per heavy atom. The lowest BCUT2D eigenvalue weighted by atomic mass is 9.82. The summed E-state index contributed by atoms with van der Waals surface area (Å²) in [6.45, 7) is 19.7. The van der Waals surface area contributed by atoms with Gasteiger partial charge < -0.3 is 0 Å². The van der Waals surface area contributed by atoms with Crippen LogP contribution in [0.5, 0.6) is 0 Å². The van der Waals surface area contributed by atoms with Gasteiger partial charge in [0.15, 0.2) is 0 Å². The molecule has 1 nitrogen and oxygen atoms in total. The van der Waals surface area contributed by atoms with Crippen LogP contribution in [0.25, 0.3) is 22.4 Å². The first-order valence-electron chi connectivity index (χ1n) is 11.1. The summed E-state index contributed by atoms with van der Waals surface area (Å²) in [5.41, 5.74) is 9.29. The molecule has 3 heteroatoms. The van der Waals surface area contributed by atoms with Crippen LogP contribution in [0.15, 0.2) is 60.7 Å². The average molecular weight is 430 g/mol. The minimum absolute atomic E-state index is 0.0265. The molecule has 2 aromatic carbocycles. The SMILES string of the molecule is CC1(C)c2ccccc2-c2ccc(-c3cccc(C([Si](C)(C)C)[Si](C)(C)C)n3)cc21. The molecular formula is C27H35NSi2. The third kappa shape index (κ3) is 3.52. The normalized spacial score (nSPS) is 15.2. The zero-order valence-corrected chi connectivity index (χ0v) is 21.8. The topological polar surface area (TPSA) is 12.9 Å². The second-order valence-corrected chi connectivity index (χ2v) is 22.7. The molecule has 1 aliphatic rings. The summed E-state index contributed by atoms with van der Waals surface area (Å²) in [4.78, 5) is 5.27. The maximum atomic E-state index is 5.27. The number of fused-ring (bicyclic) bond motifs is 3. The molecule has 3 aromatic rings. The van der Waals surface area contributed by atoms with Gasteiger partial charge in [0.1, 0.15) is 0 Å². The molecule has 0 amide bonds. The fourth-order valence-electron chi connectivity index (χ4n) is 5.82. The number of hydrogen-bond acceptors (Lipinski definition) is 1. The lowest BCUT2D eigenvalue weighted by molar-refractivity contribution is 0.660. The van der Waals surface area contributed by atoms with Gasteiger partial charge in [-0.3, -0.25) is 4.98 Å². The number of benzene rings is 2. The fourth-order valence-corrected chi connectivity index (χ4v) is 18.3. The zero-order chi connectivity index (χ0) is 21.9. The van der Waals surface area contributed by atoms with Crippen molar-refractivity contribution in [1.29, 1.82) is 0 Å². The molecule has 1 aliphatic carbocycles. The summed E-state index contributed by atoms with van der Waals surface area (Å²) in [5, 5.41) is 0.653. The zero-order valence-electron chi connectivity index (χ0n) is 19.8.